The van der Waals surface area contributed by atoms with Crippen LogP contribution in [0, 0.1) is 12.3 Å². The van der Waals surface area contributed by atoms with Gasteiger partial charge in [-0.25, -0.2) is 4.98 Å². The minimum atomic E-state index is -0.452. The van der Waals surface area contributed by atoms with E-state index in [1.54, 1.807) is 12.3 Å². The van der Waals surface area contributed by atoms with Gasteiger partial charge in [-0.3, -0.25) is 4.79 Å². The van der Waals surface area contributed by atoms with Crippen LogP contribution in [0.5, 0.6) is 5.75 Å². The van der Waals surface area contributed by atoms with Gasteiger partial charge in [-0.15, -0.1) is 0 Å². The van der Waals surface area contributed by atoms with Crippen LogP contribution in [0.15, 0.2) is 18.5 Å². The maximum atomic E-state index is 11.9. The maximum absolute atomic E-state index is 11.9. The molecule has 0 aliphatic heterocycles. The quantitative estimate of drug-likeness (QED) is 0.869. The largest absolute Gasteiger partial charge is 0.507 e. The van der Waals surface area contributed by atoms with Crippen LogP contribution >= 0.6 is 0 Å². The van der Waals surface area contributed by atoms with Gasteiger partial charge in [-0.1, -0.05) is 20.8 Å². The molecular formula is C14H19N3O2. The molecule has 0 spiro atoms. The fourth-order valence-corrected chi connectivity index (χ4v) is 1.88. The van der Waals surface area contributed by atoms with Gasteiger partial charge >= 0.3 is 0 Å². The van der Waals surface area contributed by atoms with Gasteiger partial charge in [-0.05, 0) is 13.0 Å². The van der Waals surface area contributed by atoms with Crippen LogP contribution in [0.4, 0.5) is 0 Å². The Morgan fingerprint density at radius 3 is 2.79 bits per heavy atom. The first-order chi connectivity index (χ1) is 8.80. The number of imidazole rings is 1. The molecule has 2 rings (SSSR count). The first-order valence-electron chi connectivity index (χ1n) is 6.23. The van der Waals surface area contributed by atoms with Gasteiger partial charge in [0.2, 0.25) is 5.91 Å². The van der Waals surface area contributed by atoms with Crippen LogP contribution in [-0.2, 0) is 11.3 Å². The summed E-state index contributed by atoms with van der Waals surface area (Å²) in [5, 5.41) is 12.8. The smallest absolute Gasteiger partial charge is 0.225 e. The molecule has 2 aromatic heterocycles. The Kier molecular flexibility index (Phi) is 3.22. The van der Waals surface area contributed by atoms with Crippen LogP contribution in [0.2, 0.25) is 0 Å². The Labute approximate surface area is 112 Å². The molecule has 0 aliphatic rings. The Balaban J connectivity index is 2.31. The molecule has 0 saturated carbocycles. The number of aromatic nitrogens is 2. The number of carbonyl (C=O) groups excluding carboxylic acids is 1. The van der Waals surface area contributed by atoms with Crippen molar-refractivity contribution < 1.29 is 9.90 Å². The number of aryl methyl sites for hydroxylation is 1. The van der Waals surface area contributed by atoms with E-state index in [-0.39, 0.29) is 18.2 Å². The molecular weight excluding hydrogens is 242 g/mol. The van der Waals surface area contributed by atoms with E-state index in [0.717, 1.165) is 5.69 Å². The van der Waals surface area contributed by atoms with Crippen molar-refractivity contribution in [3.8, 4) is 5.75 Å². The van der Waals surface area contributed by atoms with Crippen molar-refractivity contribution in [1.82, 2.24) is 14.7 Å². The highest BCUT2D eigenvalue weighted by Gasteiger charge is 2.21. The van der Waals surface area contributed by atoms with Crippen molar-refractivity contribution in [2.24, 2.45) is 5.41 Å². The van der Waals surface area contributed by atoms with E-state index in [9.17, 15) is 9.90 Å². The second kappa shape index (κ2) is 4.57. The first kappa shape index (κ1) is 13.4. The zero-order valence-corrected chi connectivity index (χ0v) is 11.7. The molecule has 0 unspecified atom stereocenters. The summed E-state index contributed by atoms with van der Waals surface area (Å²) >= 11 is 0. The Bertz CT molecular complexity index is 623. The summed E-state index contributed by atoms with van der Waals surface area (Å²) in [6, 6.07) is 1.67. The van der Waals surface area contributed by atoms with Gasteiger partial charge in [0, 0.05) is 23.5 Å². The zero-order valence-electron chi connectivity index (χ0n) is 11.7. The molecule has 2 aromatic rings. The molecule has 0 radical (unpaired) electrons. The summed E-state index contributed by atoms with van der Waals surface area (Å²) in [7, 11) is 0. The van der Waals surface area contributed by atoms with Crippen molar-refractivity contribution in [3.63, 3.8) is 0 Å². The SMILES string of the molecule is Cc1cc(O)c(CNC(=O)C(C)(C)C)c2nccn12. The number of pyridine rings is 1. The van der Waals surface area contributed by atoms with Crippen LogP contribution < -0.4 is 5.32 Å². The third-order valence-corrected chi connectivity index (χ3v) is 3.05. The minimum absolute atomic E-state index is 0.0582. The van der Waals surface area contributed by atoms with Crippen LogP contribution in [-0.4, -0.2) is 20.4 Å². The van der Waals surface area contributed by atoms with E-state index in [1.807, 2.05) is 38.3 Å². The number of nitrogens with one attached hydrogen (secondary N) is 1. The van der Waals surface area contributed by atoms with Gasteiger partial charge < -0.3 is 14.8 Å². The van der Waals surface area contributed by atoms with Crippen molar-refractivity contribution in [2.45, 2.75) is 34.2 Å². The van der Waals surface area contributed by atoms with E-state index in [1.165, 1.54) is 0 Å². The van der Waals surface area contributed by atoms with Gasteiger partial charge in [0.25, 0.3) is 0 Å². The molecule has 19 heavy (non-hydrogen) atoms. The van der Waals surface area contributed by atoms with Gasteiger partial charge in [0.1, 0.15) is 11.4 Å². The second-order valence-corrected chi connectivity index (χ2v) is 5.70. The summed E-state index contributed by atoms with van der Waals surface area (Å²) in [5.74, 6) is 0.0996. The van der Waals surface area contributed by atoms with Crippen LogP contribution in [0.1, 0.15) is 32.0 Å². The number of carbonyl (C=O) groups is 1. The molecule has 0 fully saturated rings. The van der Waals surface area contributed by atoms with Gasteiger partial charge in [0.15, 0.2) is 0 Å². The van der Waals surface area contributed by atoms with E-state index in [0.29, 0.717) is 11.2 Å². The van der Waals surface area contributed by atoms with Crippen molar-refractivity contribution in [3.05, 3.63) is 29.7 Å². The number of hydrogen-bond donors (Lipinski definition) is 2. The lowest BCUT2D eigenvalue weighted by Gasteiger charge is -2.18. The summed E-state index contributed by atoms with van der Waals surface area (Å²) < 4.78 is 1.89. The first-order valence-corrected chi connectivity index (χ1v) is 6.23. The van der Waals surface area contributed by atoms with Crippen LogP contribution in [0.25, 0.3) is 5.65 Å². The monoisotopic (exact) mass is 261 g/mol. The Hall–Kier alpha value is -2.04. The molecule has 5 nitrogen and oxygen atoms in total. The molecule has 1 amide bonds. The minimum Gasteiger partial charge on any atom is -0.507 e. The van der Waals surface area contributed by atoms with Crippen molar-refractivity contribution in [2.75, 3.05) is 0 Å². The number of hydrogen-bond acceptors (Lipinski definition) is 3. The summed E-state index contributed by atoms with van der Waals surface area (Å²) in [6.07, 6.45) is 3.51. The number of fused-ring (bicyclic) bond motifs is 1. The molecule has 2 heterocycles. The van der Waals surface area contributed by atoms with Gasteiger partial charge in [0.05, 0.1) is 12.1 Å². The lowest BCUT2D eigenvalue weighted by atomic mass is 9.95. The zero-order chi connectivity index (χ0) is 14.2. The number of rotatable bonds is 2. The lowest BCUT2D eigenvalue weighted by Crippen LogP contribution is -2.34. The Morgan fingerprint density at radius 2 is 2.16 bits per heavy atom. The molecule has 0 bridgehead atoms. The van der Waals surface area contributed by atoms with Crippen molar-refractivity contribution in [1.29, 1.82) is 0 Å². The normalized spacial score (nSPS) is 11.8. The number of amides is 1. The molecule has 0 aromatic carbocycles. The Morgan fingerprint density at radius 1 is 1.47 bits per heavy atom. The molecule has 2 N–H and O–H groups in total. The molecule has 0 saturated heterocycles. The predicted molar refractivity (Wildman–Crippen MR) is 72.9 cm³/mol. The number of aromatic hydroxyl groups is 1. The van der Waals surface area contributed by atoms with E-state index >= 15 is 0 Å². The second-order valence-electron chi connectivity index (χ2n) is 5.70. The average Bonchev–Trinajstić information content (AvgIpc) is 2.76. The summed E-state index contributed by atoms with van der Waals surface area (Å²) in [6.45, 7) is 7.71. The predicted octanol–water partition coefficient (Wildman–Crippen LogP) is 2.01. The topological polar surface area (TPSA) is 66.6 Å². The fraction of sp³-hybridized carbons (Fsp3) is 0.429. The summed E-state index contributed by atoms with van der Waals surface area (Å²) in [5.41, 5.74) is 1.75. The fourth-order valence-electron chi connectivity index (χ4n) is 1.88. The number of nitrogens with zero attached hydrogens (tertiary/aromatic N) is 2. The average molecular weight is 261 g/mol. The highest BCUT2D eigenvalue weighted by Crippen LogP contribution is 2.23. The highest BCUT2D eigenvalue weighted by atomic mass is 16.3. The summed E-state index contributed by atoms with van der Waals surface area (Å²) in [4.78, 5) is 16.1. The van der Waals surface area contributed by atoms with Gasteiger partial charge in [-0.2, -0.15) is 0 Å². The van der Waals surface area contributed by atoms with Crippen LogP contribution in [0.3, 0.4) is 0 Å². The highest BCUT2D eigenvalue weighted by molar-refractivity contribution is 5.81. The molecule has 0 atom stereocenters. The maximum Gasteiger partial charge on any atom is 0.225 e. The standard InChI is InChI=1S/C14H19N3O2/c1-9-7-11(18)10(12-15-5-6-17(9)12)8-16-13(19)14(2,3)4/h5-7,18H,8H2,1-4H3,(H,16,19). The lowest BCUT2D eigenvalue weighted by molar-refractivity contribution is -0.128. The van der Waals surface area contributed by atoms with E-state index in [2.05, 4.69) is 10.3 Å². The molecule has 0 aliphatic carbocycles. The van der Waals surface area contributed by atoms with Crippen molar-refractivity contribution >= 4 is 11.6 Å². The molecule has 102 valence electrons. The van der Waals surface area contributed by atoms with E-state index in [4.69, 9.17) is 0 Å². The molecule has 5 heteroatoms. The third kappa shape index (κ3) is 2.54. The third-order valence-electron chi connectivity index (χ3n) is 3.05. The van der Waals surface area contributed by atoms with E-state index < -0.39 is 5.41 Å².